The summed E-state index contributed by atoms with van der Waals surface area (Å²) in [5, 5.41) is 20.2. The third-order valence-electron chi connectivity index (χ3n) is 4.28. The predicted molar refractivity (Wildman–Crippen MR) is 96.2 cm³/mol. The highest BCUT2D eigenvalue weighted by molar-refractivity contribution is 5.59. The Bertz CT molecular complexity index is 812. The van der Waals surface area contributed by atoms with E-state index in [1.807, 2.05) is 43.3 Å². The van der Waals surface area contributed by atoms with E-state index in [0.717, 1.165) is 48.2 Å². The number of nitrogens with one attached hydrogen (secondary N) is 1. The minimum absolute atomic E-state index is 0.574. The minimum atomic E-state index is 0.574. The number of pyridine rings is 1. The summed E-state index contributed by atoms with van der Waals surface area (Å²) in [4.78, 5) is 6.25. The van der Waals surface area contributed by atoms with Crippen molar-refractivity contribution in [3.63, 3.8) is 0 Å². The molecule has 0 bridgehead atoms. The average Bonchev–Trinajstić information content (AvgIpc) is 2.63. The Hall–Kier alpha value is -3.09. The van der Waals surface area contributed by atoms with E-state index in [4.69, 9.17) is 0 Å². The van der Waals surface area contributed by atoms with E-state index in [-0.39, 0.29) is 0 Å². The zero-order chi connectivity index (χ0) is 17.1. The number of hydrogen-bond acceptors (Lipinski definition) is 7. The van der Waals surface area contributed by atoms with Gasteiger partial charge in [0.15, 0.2) is 5.82 Å². The standard InChI is InChI=1S/C18H19N7/c1-13-2-4-17(23-21-13)20-10-14-11-25(12-14)18-5-3-16(22-24-18)15-6-8-19-9-7-15/h2-9,14H,10-12H2,1H3,(H,20,23). The van der Waals surface area contributed by atoms with Crippen molar-refractivity contribution in [1.82, 2.24) is 25.4 Å². The first-order chi connectivity index (χ1) is 12.3. The first-order valence-corrected chi connectivity index (χ1v) is 8.31. The molecule has 4 rings (SSSR count). The molecule has 0 saturated carbocycles. The quantitative estimate of drug-likeness (QED) is 0.766. The fourth-order valence-electron chi connectivity index (χ4n) is 2.80. The minimum Gasteiger partial charge on any atom is -0.368 e. The highest BCUT2D eigenvalue weighted by atomic mass is 15.3. The van der Waals surface area contributed by atoms with Crippen LogP contribution in [-0.2, 0) is 0 Å². The Morgan fingerprint density at radius 2 is 1.80 bits per heavy atom. The molecule has 0 spiro atoms. The number of aromatic nitrogens is 5. The Morgan fingerprint density at radius 1 is 0.960 bits per heavy atom. The summed E-state index contributed by atoms with van der Waals surface area (Å²) in [5.41, 5.74) is 2.82. The van der Waals surface area contributed by atoms with Gasteiger partial charge in [0, 0.05) is 43.5 Å². The maximum atomic E-state index is 4.35. The number of rotatable bonds is 5. The van der Waals surface area contributed by atoms with Crippen LogP contribution in [0.4, 0.5) is 11.6 Å². The lowest BCUT2D eigenvalue weighted by molar-refractivity contribution is 0.425. The lowest BCUT2D eigenvalue weighted by Crippen LogP contribution is -2.50. The van der Waals surface area contributed by atoms with Crippen LogP contribution in [0.5, 0.6) is 0 Å². The van der Waals surface area contributed by atoms with Gasteiger partial charge in [0.2, 0.25) is 0 Å². The van der Waals surface area contributed by atoms with E-state index in [1.54, 1.807) is 12.4 Å². The normalized spacial score (nSPS) is 14.2. The van der Waals surface area contributed by atoms with Gasteiger partial charge in [-0.05, 0) is 43.3 Å². The smallest absolute Gasteiger partial charge is 0.151 e. The van der Waals surface area contributed by atoms with Crippen LogP contribution in [0.15, 0.2) is 48.8 Å². The molecule has 1 saturated heterocycles. The molecule has 4 heterocycles. The maximum Gasteiger partial charge on any atom is 0.151 e. The summed E-state index contributed by atoms with van der Waals surface area (Å²) >= 11 is 0. The molecule has 0 aromatic carbocycles. The zero-order valence-electron chi connectivity index (χ0n) is 14.0. The van der Waals surface area contributed by atoms with Crippen molar-refractivity contribution in [3.8, 4) is 11.3 Å². The second-order valence-corrected chi connectivity index (χ2v) is 6.22. The van der Waals surface area contributed by atoms with Crippen LogP contribution in [0.25, 0.3) is 11.3 Å². The molecule has 7 nitrogen and oxygen atoms in total. The number of anilines is 2. The van der Waals surface area contributed by atoms with Crippen LogP contribution in [-0.4, -0.2) is 45.0 Å². The highest BCUT2D eigenvalue weighted by Gasteiger charge is 2.27. The number of hydrogen-bond donors (Lipinski definition) is 1. The molecule has 126 valence electrons. The summed E-state index contributed by atoms with van der Waals surface area (Å²) in [6, 6.07) is 11.8. The second kappa shape index (κ2) is 6.80. The van der Waals surface area contributed by atoms with Crippen molar-refractivity contribution in [2.75, 3.05) is 29.9 Å². The van der Waals surface area contributed by atoms with Gasteiger partial charge in [0.25, 0.3) is 0 Å². The van der Waals surface area contributed by atoms with Crippen LogP contribution in [0.2, 0.25) is 0 Å². The third kappa shape index (κ3) is 3.55. The van der Waals surface area contributed by atoms with Gasteiger partial charge < -0.3 is 10.2 Å². The molecule has 1 fully saturated rings. The van der Waals surface area contributed by atoms with Gasteiger partial charge in [0.05, 0.1) is 11.4 Å². The third-order valence-corrected chi connectivity index (χ3v) is 4.28. The summed E-state index contributed by atoms with van der Waals surface area (Å²) < 4.78 is 0. The van der Waals surface area contributed by atoms with Crippen molar-refractivity contribution >= 4 is 11.6 Å². The van der Waals surface area contributed by atoms with Crippen LogP contribution >= 0.6 is 0 Å². The summed E-state index contributed by atoms with van der Waals surface area (Å²) in [6.07, 6.45) is 3.52. The number of nitrogens with zero attached hydrogens (tertiary/aromatic N) is 6. The van der Waals surface area contributed by atoms with Crippen molar-refractivity contribution in [2.24, 2.45) is 5.92 Å². The Kier molecular flexibility index (Phi) is 4.20. The van der Waals surface area contributed by atoms with Gasteiger partial charge in [-0.2, -0.15) is 5.10 Å². The largest absolute Gasteiger partial charge is 0.368 e. The Balaban J connectivity index is 1.29. The fourth-order valence-corrected chi connectivity index (χ4v) is 2.80. The first-order valence-electron chi connectivity index (χ1n) is 8.31. The zero-order valence-corrected chi connectivity index (χ0v) is 14.0. The van der Waals surface area contributed by atoms with Crippen molar-refractivity contribution < 1.29 is 0 Å². The van der Waals surface area contributed by atoms with E-state index in [9.17, 15) is 0 Å². The van der Waals surface area contributed by atoms with Gasteiger partial charge in [-0.15, -0.1) is 15.3 Å². The molecule has 0 radical (unpaired) electrons. The molecule has 25 heavy (non-hydrogen) atoms. The van der Waals surface area contributed by atoms with Crippen LogP contribution < -0.4 is 10.2 Å². The van der Waals surface area contributed by atoms with Gasteiger partial charge in [-0.3, -0.25) is 4.98 Å². The molecule has 0 atom stereocenters. The lowest BCUT2D eigenvalue weighted by Gasteiger charge is -2.40. The highest BCUT2D eigenvalue weighted by Crippen LogP contribution is 2.24. The summed E-state index contributed by atoms with van der Waals surface area (Å²) in [7, 11) is 0. The summed E-state index contributed by atoms with van der Waals surface area (Å²) in [6.45, 7) is 4.75. The Labute approximate surface area is 146 Å². The Morgan fingerprint density at radius 3 is 2.48 bits per heavy atom. The molecule has 3 aromatic rings. The van der Waals surface area contributed by atoms with Gasteiger partial charge in [0.1, 0.15) is 5.82 Å². The van der Waals surface area contributed by atoms with Gasteiger partial charge in [-0.25, -0.2) is 0 Å². The second-order valence-electron chi connectivity index (χ2n) is 6.22. The molecule has 3 aromatic heterocycles. The molecule has 1 aliphatic rings. The van der Waals surface area contributed by atoms with Crippen LogP contribution in [0.1, 0.15) is 5.69 Å². The van der Waals surface area contributed by atoms with Gasteiger partial charge in [-0.1, -0.05) is 0 Å². The lowest BCUT2D eigenvalue weighted by atomic mass is 10.0. The van der Waals surface area contributed by atoms with E-state index >= 15 is 0 Å². The van der Waals surface area contributed by atoms with Crippen molar-refractivity contribution in [2.45, 2.75) is 6.92 Å². The molecule has 0 aliphatic carbocycles. The topological polar surface area (TPSA) is 79.7 Å². The molecule has 1 N–H and O–H groups in total. The molecule has 1 aliphatic heterocycles. The fraction of sp³-hybridized carbons (Fsp3) is 0.278. The molecule has 0 amide bonds. The molecule has 0 unspecified atom stereocenters. The monoisotopic (exact) mass is 333 g/mol. The molecular weight excluding hydrogens is 314 g/mol. The van der Waals surface area contributed by atoms with E-state index in [0.29, 0.717) is 5.92 Å². The SMILES string of the molecule is Cc1ccc(NCC2CN(c3ccc(-c4ccncc4)nn3)C2)nn1. The average molecular weight is 333 g/mol. The molecule has 7 heteroatoms. The van der Waals surface area contributed by atoms with E-state index in [1.165, 1.54) is 0 Å². The van der Waals surface area contributed by atoms with E-state index in [2.05, 4.69) is 35.6 Å². The van der Waals surface area contributed by atoms with Crippen molar-refractivity contribution in [1.29, 1.82) is 0 Å². The van der Waals surface area contributed by atoms with Crippen LogP contribution in [0.3, 0.4) is 0 Å². The maximum absolute atomic E-state index is 4.35. The molecular formula is C18H19N7. The van der Waals surface area contributed by atoms with E-state index < -0.39 is 0 Å². The van der Waals surface area contributed by atoms with Gasteiger partial charge >= 0.3 is 0 Å². The van der Waals surface area contributed by atoms with Crippen LogP contribution in [0, 0.1) is 12.8 Å². The van der Waals surface area contributed by atoms with Crippen molar-refractivity contribution in [3.05, 3.63) is 54.5 Å². The first kappa shape index (κ1) is 15.4. The number of aryl methyl sites for hydroxylation is 1. The summed E-state index contributed by atoms with van der Waals surface area (Å²) in [5.74, 6) is 2.32. The predicted octanol–water partition coefficient (Wildman–Crippen LogP) is 2.19.